The average molecular weight is 301 g/mol. The summed E-state index contributed by atoms with van der Waals surface area (Å²) >= 11 is 0. The van der Waals surface area contributed by atoms with Crippen molar-refractivity contribution in [3.63, 3.8) is 0 Å². The number of hydrogen-bond donors (Lipinski definition) is 2. The zero-order valence-electron chi connectivity index (χ0n) is 12.1. The smallest absolute Gasteiger partial charge is 0.301 e. The van der Waals surface area contributed by atoms with Crippen molar-refractivity contribution in [2.24, 2.45) is 0 Å². The number of nitrogens with one attached hydrogen (secondary N) is 2. The first-order valence-electron chi connectivity index (χ1n) is 6.67. The van der Waals surface area contributed by atoms with Crippen molar-refractivity contribution in [2.75, 3.05) is 0 Å². The molecule has 22 heavy (non-hydrogen) atoms. The number of benzene rings is 1. The highest BCUT2D eigenvalue weighted by atomic mass is 16.6. The highest BCUT2D eigenvalue weighted by molar-refractivity contribution is 5.71. The Balaban J connectivity index is 2.40. The molecule has 0 aliphatic rings. The second-order valence-electron chi connectivity index (χ2n) is 5.08. The van der Waals surface area contributed by atoms with Crippen LogP contribution in [0.4, 0.5) is 5.69 Å². The standard InChI is InChI=1S/C15H15N3O4/c1-9(2)11-6-3-10(4-7-11)5-8-12-13(18(21)22)14(19)17-15(20)16-12/h3-9H,1-2H3,(H2,16,17,19,20). The number of nitrogens with zero attached hydrogens (tertiary/aromatic N) is 1. The minimum absolute atomic E-state index is 0.133. The van der Waals surface area contributed by atoms with Crippen LogP contribution in [0.15, 0.2) is 33.9 Å². The molecule has 1 heterocycles. The van der Waals surface area contributed by atoms with Gasteiger partial charge in [0.25, 0.3) is 0 Å². The number of aromatic amines is 2. The van der Waals surface area contributed by atoms with Crippen LogP contribution in [0.1, 0.15) is 36.6 Å². The summed E-state index contributed by atoms with van der Waals surface area (Å²) in [6, 6.07) is 7.64. The Morgan fingerprint density at radius 1 is 1.09 bits per heavy atom. The number of hydrogen-bond acceptors (Lipinski definition) is 4. The SMILES string of the molecule is CC(C)c1ccc(C=Cc2[nH]c(=O)[nH]c(=O)c2[N+](=O)[O-])cc1. The van der Waals surface area contributed by atoms with Crippen molar-refractivity contribution >= 4 is 17.8 Å². The van der Waals surface area contributed by atoms with Crippen LogP contribution < -0.4 is 11.2 Å². The van der Waals surface area contributed by atoms with Gasteiger partial charge >= 0.3 is 16.9 Å². The zero-order chi connectivity index (χ0) is 16.3. The van der Waals surface area contributed by atoms with E-state index in [1.807, 2.05) is 29.2 Å². The topological polar surface area (TPSA) is 109 Å². The Labute approximate surface area is 125 Å². The van der Waals surface area contributed by atoms with E-state index in [9.17, 15) is 19.7 Å². The monoisotopic (exact) mass is 301 g/mol. The van der Waals surface area contributed by atoms with Gasteiger partial charge in [0.1, 0.15) is 5.69 Å². The predicted molar refractivity (Wildman–Crippen MR) is 83.8 cm³/mol. The van der Waals surface area contributed by atoms with E-state index >= 15 is 0 Å². The van der Waals surface area contributed by atoms with Crippen molar-refractivity contribution in [1.82, 2.24) is 9.97 Å². The number of nitro groups is 1. The van der Waals surface area contributed by atoms with Gasteiger partial charge in [-0.25, -0.2) is 4.79 Å². The quantitative estimate of drug-likeness (QED) is 0.666. The first kappa shape index (κ1) is 15.4. The zero-order valence-corrected chi connectivity index (χ0v) is 12.1. The third kappa shape index (κ3) is 3.38. The van der Waals surface area contributed by atoms with Crippen LogP contribution in [0.5, 0.6) is 0 Å². The molecule has 1 aromatic heterocycles. The Hall–Kier alpha value is -2.96. The Kier molecular flexibility index (Phi) is 4.36. The number of rotatable bonds is 4. The molecule has 114 valence electrons. The summed E-state index contributed by atoms with van der Waals surface area (Å²) in [6.07, 6.45) is 2.95. The van der Waals surface area contributed by atoms with E-state index in [1.165, 1.54) is 11.6 Å². The molecule has 0 amide bonds. The molecule has 0 unspecified atom stereocenters. The van der Waals surface area contributed by atoms with Gasteiger partial charge in [-0.05, 0) is 23.1 Å². The van der Waals surface area contributed by atoms with E-state index in [-0.39, 0.29) is 5.69 Å². The Morgan fingerprint density at radius 3 is 2.27 bits per heavy atom. The molecule has 2 rings (SSSR count). The van der Waals surface area contributed by atoms with E-state index < -0.39 is 21.9 Å². The lowest BCUT2D eigenvalue weighted by atomic mass is 10.0. The fourth-order valence-electron chi connectivity index (χ4n) is 1.97. The van der Waals surface area contributed by atoms with Crippen molar-refractivity contribution in [1.29, 1.82) is 0 Å². The molecule has 0 saturated carbocycles. The predicted octanol–water partition coefficient (Wildman–Crippen LogP) is 2.27. The van der Waals surface area contributed by atoms with Crippen LogP contribution in [0, 0.1) is 10.1 Å². The normalized spacial score (nSPS) is 11.2. The molecule has 2 aromatic rings. The molecular formula is C15H15N3O4. The second kappa shape index (κ2) is 6.21. The molecule has 7 nitrogen and oxygen atoms in total. The van der Waals surface area contributed by atoms with E-state index in [0.717, 1.165) is 5.56 Å². The van der Waals surface area contributed by atoms with E-state index in [4.69, 9.17) is 0 Å². The molecule has 0 atom stereocenters. The van der Waals surface area contributed by atoms with Crippen molar-refractivity contribution in [3.05, 3.63) is 72.0 Å². The highest BCUT2D eigenvalue weighted by Gasteiger charge is 2.18. The first-order valence-corrected chi connectivity index (χ1v) is 6.67. The minimum Gasteiger partial charge on any atom is -0.301 e. The van der Waals surface area contributed by atoms with E-state index in [0.29, 0.717) is 5.92 Å². The first-order chi connectivity index (χ1) is 10.4. The van der Waals surface area contributed by atoms with Crippen LogP contribution in [0.3, 0.4) is 0 Å². The number of H-pyrrole nitrogens is 2. The average Bonchev–Trinajstić information content (AvgIpc) is 2.44. The summed E-state index contributed by atoms with van der Waals surface area (Å²) in [6.45, 7) is 4.16. The number of aromatic nitrogens is 2. The molecule has 2 N–H and O–H groups in total. The molecule has 7 heteroatoms. The Bertz CT molecular complexity index is 829. The highest BCUT2D eigenvalue weighted by Crippen LogP contribution is 2.17. The van der Waals surface area contributed by atoms with E-state index in [2.05, 4.69) is 18.8 Å². The lowest BCUT2D eigenvalue weighted by molar-refractivity contribution is -0.386. The van der Waals surface area contributed by atoms with Gasteiger partial charge in [0, 0.05) is 0 Å². The van der Waals surface area contributed by atoms with Crippen molar-refractivity contribution in [3.8, 4) is 0 Å². The molecule has 0 aliphatic carbocycles. The van der Waals surface area contributed by atoms with Gasteiger partial charge in [-0.3, -0.25) is 19.9 Å². The molecule has 0 spiro atoms. The van der Waals surface area contributed by atoms with Gasteiger partial charge in [0.15, 0.2) is 0 Å². The maximum Gasteiger partial charge on any atom is 0.357 e. The van der Waals surface area contributed by atoms with Crippen LogP contribution in [-0.2, 0) is 0 Å². The third-order valence-corrected chi connectivity index (χ3v) is 3.17. The summed E-state index contributed by atoms with van der Waals surface area (Å²) in [4.78, 5) is 36.9. The van der Waals surface area contributed by atoms with Gasteiger partial charge in [-0.2, -0.15) is 0 Å². The fourth-order valence-corrected chi connectivity index (χ4v) is 1.97. The van der Waals surface area contributed by atoms with Gasteiger partial charge in [-0.15, -0.1) is 0 Å². The molecule has 0 radical (unpaired) electrons. The maximum absolute atomic E-state index is 11.5. The largest absolute Gasteiger partial charge is 0.357 e. The Morgan fingerprint density at radius 2 is 1.73 bits per heavy atom. The molecule has 0 fully saturated rings. The molecule has 0 bridgehead atoms. The van der Waals surface area contributed by atoms with Crippen LogP contribution in [-0.4, -0.2) is 14.9 Å². The minimum atomic E-state index is -1.02. The van der Waals surface area contributed by atoms with Gasteiger partial charge in [0.05, 0.1) is 4.92 Å². The van der Waals surface area contributed by atoms with Crippen molar-refractivity contribution < 1.29 is 4.92 Å². The van der Waals surface area contributed by atoms with Gasteiger partial charge in [0.2, 0.25) is 0 Å². The molecular weight excluding hydrogens is 286 g/mol. The molecule has 1 aromatic carbocycles. The summed E-state index contributed by atoms with van der Waals surface area (Å²) < 4.78 is 0. The lowest BCUT2D eigenvalue weighted by Gasteiger charge is -2.04. The second-order valence-corrected chi connectivity index (χ2v) is 5.08. The van der Waals surface area contributed by atoms with Crippen LogP contribution >= 0.6 is 0 Å². The van der Waals surface area contributed by atoms with E-state index in [1.54, 1.807) is 6.08 Å². The molecule has 0 saturated heterocycles. The third-order valence-electron chi connectivity index (χ3n) is 3.17. The lowest BCUT2D eigenvalue weighted by Crippen LogP contribution is -2.25. The maximum atomic E-state index is 11.5. The van der Waals surface area contributed by atoms with Gasteiger partial charge in [-0.1, -0.05) is 44.2 Å². The summed E-state index contributed by atoms with van der Waals surface area (Å²) in [5.41, 5.74) is -0.650. The summed E-state index contributed by atoms with van der Waals surface area (Å²) in [7, 11) is 0. The van der Waals surface area contributed by atoms with Crippen molar-refractivity contribution in [2.45, 2.75) is 19.8 Å². The molecule has 0 aliphatic heterocycles. The summed E-state index contributed by atoms with van der Waals surface area (Å²) in [5.74, 6) is 0.406. The van der Waals surface area contributed by atoms with Gasteiger partial charge < -0.3 is 4.98 Å². The summed E-state index contributed by atoms with van der Waals surface area (Å²) in [5, 5.41) is 10.9. The van der Waals surface area contributed by atoms with Crippen LogP contribution in [0.25, 0.3) is 12.2 Å². The van der Waals surface area contributed by atoms with Crippen LogP contribution in [0.2, 0.25) is 0 Å². The fraction of sp³-hybridized carbons (Fsp3) is 0.200.